The zero-order chi connectivity index (χ0) is 15.9. The van der Waals surface area contributed by atoms with Crippen LogP contribution in [0.1, 0.15) is 41.0 Å². The molecule has 1 saturated heterocycles. The van der Waals surface area contributed by atoms with Crippen LogP contribution >= 0.6 is 0 Å². The maximum absolute atomic E-state index is 5.92. The molecule has 0 aromatic carbocycles. The molecule has 0 amide bonds. The molecule has 3 nitrogen and oxygen atoms in total. The Balaban J connectivity index is 2.37. The van der Waals surface area contributed by atoms with Crippen molar-refractivity contribution in [2.24, 2.45) is 11.3 Å². The molecule has 1 atom stereocenters. The SMILES string of the molecule is CCC(C)(C)CN(C)C[C@@H]1CN(CC#CC(C)C)CCO1. The van der Waals surface area contributed by atoms with Crippen molar-refractivity contribution in [3.05, 3.63) is 0 Å². The average Bonchev–Trinajstić information content (AvgIpc) is 2.38. The Bertz CT molecular complexity index is 354. The van der Waals surface area contributed by atoms with Crippen molar-refractivity contribution >= 4 is 0 Å². The van der Waals surface area contributed by atoms with Crippen LogP contribution in [0.15, 0.2) is 0 Å². The molecule has 3 heteroatoms. The van der Waals surface area contributed by atoms with E-state index in [1.807, 2.05) is 0 Å². The lowest BCUT2D eigenvalue weighted by Crippen LogP contribution is -2.48. The third-order valence-electron chi connectivity index (χ3n) is 4.09. The Morgan fingerprint density at radius 3 is 2.71 bits per heavy atom. The smallest absolute Gasteiger partial charge is 0.0829 e. The molecule has 0 aliphatic carbocycles. The van der Waals surface area contributed by atoms with Crippen LogP contribution in [0.2, 0.25) is 0 Å². The van der Waals surface area contributed by atoms with E-state index >= 15 is 0 Å². The van der Waals surface area contributed by atoms with E-state index in [1.165, 1.54) is 6.42 Å². The lowest BCUT2D eigenvalue weighted by atomic mass is 9.90. The van der Waals surface area contributed by atoms with Crippen LogP contribution < -0.4 is 0 Å². The molecule has 0 saturated carbocycles. The van der Waals surface area contributed by atoms with Crippen molar-refractivity contribution in [1.82, 2.24) is 9.80 Å². The molecule has 21 heavy (non-hydrogen) atoms. The van der Waals surface area contributed by atoms with E-state index in [0.717, 1.165) is 39.3 Å². The van der Waals surface area contributed by atoms with Gasteiger partial charge in [-0.2, -0.15) is 0 Å². The maximum Gasteiger partial charge on any atom is 0.0829 e. The molecule has 0 unspecified atom stereocenters. The molecule has 122 valence electrons. The van der Waals surface area contributed by atoms with E-state index in [0.29, 0.717) is 17.4 Å². The highest BCUT2D eigenvalue weighted by molar-refractivity contribution is 5.03. The summed E-state index contributed by atoms with van der Waals surface area (Å²) in [5.41, 5.74) is 0.381. The van der Waals surface area contributed by atoms with Crippen molar-refractivity contribution in [2.45, 2.75) is 47.1 Å². The van der Waals surface area contributed by atoms with Crippen molar-refractivity contribution in [2.75, 3.05) is 46.4 Å². The molecule has 1 aliphatic heterocycles. The zero-order valence-corrected chi connectivity index (χ0v) is 14.9. The molecule has 0 bridgehead atoms. The summed E-state index contributed by atoms with van der Waals surface area (Å²) in [6.45, 7) is 17.1. The van der Waals surface area contributed by atoms with E-state index in [-0.39, 0.29) is 0 Å². The quantitative estimate of drug-likeness (QED) is 0.701. The number of nitrogens with zero attached hydrogens (tertiary/aromatic N) is 2. The van der Waals surface area contributed by atoms with Crippen molar-refractivity contribution in [3.63, 3.8) is 0 Å². The maximum atomic E-state index is 5.92. The van der Waals surface area contributed by atoms with E-state index in [4.69, 9.17) is 4.74 Å². The Kier molecular flexibility index (Phi) is 7.73. The topological polar surface area (TPSA) is 15.7 Å². The predicted octanol–water partition coefficient (Wildman–Crippen LogP) is 2.71. The first-order valence-electron chi connectivity index (χ1n) is 8.33. The summed E-state index contributed by atoms with van der Waals surface area (Å²) in [7, 11) is 2.21. The van der Waals surface area contributed by atoms with Crippen molar-refractivity contribution in [3.8, 4) is 11.8 Å². The number of hydrogen-bond acceptors (Lipinski definition) is 3. The van der Waals surface area contributed by atoms with Crippen LogP contribution in [-0.4, -0.2) is 62.3 Å². The monoisotopic (exact) mass is 294 g/mol. The van der Waals surface area contributed by atoms with Crippen LogP contribution in [0.25, 0.3) is 0 Å². The van der Waals surface area contributed by atoms with Gasteiger partial charge in [-0.1, -0.05) is 46.5 Å². The van der Waals surface area contributed by atoms with Gasteiger partial charge in [0.25, 0.3) is 0 Å². The third-order valence-corrected chi connectivity index (χ3v) is 4.09. The van der Waals surface area contributed by atoms with Gasteiger partial charge < -0.3 is 9.64 Å². The van der Waals surface area contributed by atoms with E-state index in [2.05, 4.69) is 63.3 Å². The molecular formula is C18H34N2O. The van der Waals surface area contributed by atoms with Gasteiger partial charge in [0.1, 0.15) is 0 Å². The van der Waals surface area contributed by atoms with Gasteiger partial charge >= 0.3 is 0 Å². The second kappa shape index (κ2) is 8.78. The Hall–Kier alpha value is -0.560. The van der Waals surface area contributed by atoms with Gasteiger partial charge in [-0.25, -0.2) is 0 Å². The average molecular weight is 294 g/mol. The molecule has 1 aliphatic rings. The largest absolute Gasteiger partial charge is 0.374 e. The van der Waals surface area contributed by atoms with Crippen LogP contribution in [0.5, 0.6) is 0 Å². The van der Waals surface area contributed by atoms with Crippen LogP contribution in [-0.2, 0) is 4.74 Å². The van der Waals surface area contributed by atoms with Gasteiger partial charge in [-0.15, -0.1) is 0 Å². The summed E-state index contributed by atoms with van der Waals surface area (Å²) >= 11 is 0. The van der Waals surface area contributed by atoms with Crippen molar-refractivity contribution in [1.29, 1.82) is 0 Å². The molecular weight excluding hydrogens is 260 g/mol. The number of likely N-dealkylation sites (N-methyl/N-ethyl adjacent to an activating group) is 1. The molecule has 0 spiro atoms. The minimum atomic E-state index is 0.317. The first-order chi connectivity index (χ1) is 9.82. The predicted molar refractivity (Wildman–Crippen MR) is 90.4 cm³/mol. The van der Waals surface area contributed by atoms with Gasteiger partial charge in [0.05, 0.1) is 19.3 Å². The molecule has 1 fully saturated rings. The number of rotatable bonds is 6. The van der Waals surface area contributed by atoms with Gasteiger partial charge in [0, 0.05) is 32.1 Å². The molecule has 1 heterocycles. The summed E-state index contributed by atoms with van der Waals surface area (Å²) in [6.07, 6.45) is 1.53. The lowest BCUT2D eigenvalue weighted by molar-refractivity contribution is -0.0396. The van der Waals surface area contributed by atoms with E-state index < -0.39 is 0 Å². The Labute approximate surface area is 132 Å². The first kappa shape index (κ1) is 18.5. The van der Waals surface area contributed by atoms with Crippen molar-refractivity contribution < 1.29 is 4.74 Å². The fourth-order valence-electron chi connectivity index (χ4n) is 2.65. The normalized spacial score (nSPS) is 20.7. The summed E-state index contributed by atoms with van der Waals surface area (Å²) in [5.74, 6) is 6.99. The first-order valence-corrected chi connectivity index (χ1v) is 8.33. The highest BCUT2D eigenvalue weighted by atomic mass is 16.5. The second-order valence-corrected chi connectivity index (χ2v) is 7.42. The molecule has 0 radical (unpaired) electrons. The second-order valence-electron chi connectivity index (χ2n) is 7.42. The Morgan fingerprint density at radius 1 is 1.38 bits per heavy atom. The summed E-state index contributed by atoms with van der Waals surface area (Å²) in [6, 6.07) is 0. The molecule has 0 aromatic heterocycles. The third kappa shape index (κ3) is 7.85. The highest BCUT2D eigenvalue weighted by Crippen LogP contribution is 2.21. The minimum Gasteiger partial charge on any atom is -0.374 e. The van der Waals surface area contributed by atoms with Crippen LogP contribution in [0, 0.1) is 23.2 Å². The highest BCUT2D eigenvalue weighted by Gasteiger charge is 2.24. The summed E-state index contributed by atoms with van der Waals surface area (Å²) in [5, 5.41) is 0. The van der Waals surface area contributed by atoms with E-state index in [1.54, 1.807) is 0 Å². The number of hydrogen-bond donors (Lipinski definition) is 0. The van der Waals surface area contributed by atoms with Crippen LogP contribution in [0.3, 0.4) is 0 Å². The zero-order valence-electron chi connectivity index (χ0n) is 14.9. The molecule has 1 rings (SSSR count). The van der Waals surface area contributed by atoms with Crippen LogP contribution in [0.4, 0.5) is 0 Å². The lowest BCUT2D eigenvalue weighted by Gasteiger charge is -2.36. The molecule has 0 N–H and O–H groups in total. The summed E-state index contributed by atoms with van der Waals surface area (Å²) < 4.78 is 5.92. The van der Waals surface area contributed by atoms with Gasteiger partial charge in [-0.3, -0.25) is 4.90 Å². The Morgan fingerprint density at radius 2 is 2.10 bits per heavy atom. The van der Waals surface area contributed by atoms with Gasteiger partial charge in [-0.05, 0) is 18.9 Å². The minimum absolute atomic E-state index is 0.317. The standard InChI is InChI=1S/C18H34N2O/c1-7-18(4,5)15-19(6)13-17-14-20(11-12-21-17)10-8-9-16(2)3/h16-17H,7,10-15H2,1-6H3/t17-/m1/s1. The number of ether oxygens (including phenoxy) is 1. The fourth-order valence-corrected chi connectivity index (χ4v) is 2.65. The van der Waals surface area contributed by atoms with Gasteiger partial charge in [0.2, 0.25) is 0 Å². The van der Waals surface area contributed by atoms with E-state index in [9.17, 15) is 0 Å². The summed E-state index contributed by atoms with van der Waals surface area (Å²) in [4.78, 5) is 4.83. The van der Waals surface area contributed by atoms with Gasteiger partial charge in [0.15, 0.2) is 0 Å². The molecule has 0 aromatic rings. The fraction of sp³-hybridized carbons (Fsp3) is 0.889. The number of morpholine rings is 1.